The predicted molar refractivity (Wildman–Crippen MR) is 65.0 cm³/mol. The Labute approximate surface area is 99.6 Å². The Kier molecular flexibility index (Phi) is 5.25. The van der Waals surface area contributed by atoms with E-state index in [4.69, 9.17) is 0 Å². The Hall–Kier alpha value is -0.420. The lowest BCUT2D eigenvalue weighted by Gasteiger charge is -2.12. The highest BCUT2D eigenvalue weighted by atomic mass is 79.9. The third-order valence-electron chi connectivity index (χ3n) is 2.07. The van der Waals surface area contributed by atoms with Crippen molar-refractivity contribution in [2.75, 3.05) is 5.33 Å². The lowest BCUT2D eigenvalue weighted by molar-refractivity contribution is 0.452. The summed E-state index contributed by atoms with van der Waals surface area (Å²) in [5.74, 6) is 1.61. The largest absolute Gasteiger partial charge is 0.306 e. The van der Waals surface area contributed by atoms with Gasteiger partial charge >= 0.3 is 0 Å². The summed E-state index contributed by atoms with van der Waals surface area (Å²) in [6.45, 7) is 8.21. The summed E-state index contributed by atoms with van der Waals surface area (Å²) in [6.07, 6.45) is 1.62. The van der Waals surface area contributed by atoms with Gasteiger partial charge in [0.1, 0.15) is 12.2 Å². The van der Waals surface area contributed by atoms with E-state index in [2.05, 4.69) is 52.1 Å². The highest BCUT2D eigenvalue weighted by Gasteiger charge is 2.07. The number of nitrogens with zero attached hydrogens (tertiary/aromatic N) is 3. The molecular weight excluding hydrogens is 256 g/mol. The fourth-order valence-corrected chi connectivity index (χ4v) is 1.47. The third-order valence-corrected chi connectivity index (χ3v) is 3.05. The molecule has 0 radical (unpaired) electrons. The second-order valence-corrected chi connectivity index (χ2v) is 4.84. The van der Waals surface area contributed by atoms with Gasteiger partial charge in [-0.1, -0.05) is 29.8 Å². The van der Waals surface area contributed by atoms with Crippen LogP contribution < -0.4 is 5.32 Å². The smallest absolute Gasteiger partial charge is 0.140 e. The van der Waals surface area contributed by atoms with E-state index in [1.807, 2.05) is 4.68 Å². The standard InChI is InChI=1S/C10H19BrN4/c1-8(2)6-15-10(13-7-14-15)5-12-9(3)4-11/h7-9,12H,4-6H2,1-3H3. The maximum absolute atomic E-state index is 4.25. The molecule has 1 unspecified atom stereocenters. The number of rotatable bonds is 6. The quantitative estimate of drug-likeness (QED) is 0.805. The fraction of sp³-hybridized carbons (Fsp3) is 0.800. The number of alkyl halides is 1. The van der Waals surface area contributed by atoms with E-state index < -0.39 is 0 Å². The highest BCUT2D eigenvalue weighted by Crippen LogP contribution is 2.01. The monoisotopic (exact) mass is 274 g/mol. The van der Waals surface area contributed by atoms with Crippen LogP contribution in [-0.4, -0.2) is 26.1 Å². The van der Waals surface area contributed by atoms with Gasteiger partial charge in [0, 0.05) is 17.9 Å². The molecule has 0 spiro atoms. The molecule has 0 aromatic carbocycles. The summed E-state index contributed by atoms with van der Waals surface area (Å²) in [6, 6.07) is 0.453. The third kappa shape index (κ3) is 4.30. The Morgan fingerprint density at radius 1 is 1.47 bits per heavy atom. The summed E-state index contributed by atoms with van der Waals surface area (Å²) in [5.41, 5.74) is 0. The fourth-order valence-electron chi connectivity index (χ4n) is 1.24. The molecule has 1 N–H and O–H groups in total. The van der Waals surface area contributed by atoms with Crippen molar-refractivity contribution in [3.05, 3.63) is 12.2 Å². The topological polar surface area (TPSA) is 42.7 Å². The Morgan fingerprint density at radius 3 is 2.80 bits per heavy atom. The number of nitrogens with one attached hydrogen (secondary N) is 1. The van der Waals surface area contributed by atoms with Crippen LogP contribution in [0.1, 0.15) is 26.6 Å². The van der Waals surface area contributed by atoms with E-state index in [0.29, 0.717) is 12.0 Å². The molecular formula is C10H19BrN4. The number of hydrogen-bond donors (Lipinski definition) is 1. The molecule has 0 amide bonds. The second-order valence-electron chi connectivity index (χ2n) is 4.19. The molecule has 0 saturated heterocycles. The first-order chi connectivity index (χ1) is 7.13. The summed E-state index contributed by atoms with van der Waals surface area (Å²) < 4.78 is 1.97. The van der Waals surface area contributed by atoms with Gasteiger partial charge in [-0.2, -0.15) is 5.10 Å². The summed E-state index contributed by atoms with van der Waals surface area (Å²) in [7, 11) is 0. The molecule has 0 saturated carbocycles. The number of hydrogen-bond acceptors (Lipinski definition) is 3. The van der Waals surface area contributed by atoms with E-state index in [9.17, 15) is 0 Å². The molecule has 1 atom stereocenters. The highest BCUT2D eigenvalue weighted by molar-refractivity contribution is 9.09. The predicted octanol–water partition coefficient (Wildman–Crippen LogP) is 1.81. The molecule has 0 bridgehead atoms. The van der Waals surface area contributed by atoms with Gasteiger partial charge in [-0.3, -0.25) is 0 Å². The van der Waals surface area contributed by atoms with Gasteiger partial charge in [0.25, 0.3) is 0 Å². The van der Waals surface area contributed by atoms with Crippen LogP contribution >= 0.6 is 15.9 Å². The first-order valence-corrected chi connectivity index (χ1v) is 6.41. The van der Waals surface area contributed by atoms with Crippen LogP contribution in [0.2, 0.25) is 0 Å². The minimum atomic E-state index is 0.453. The maximum atomic E-state index is 4.25. The maximum Gasteiger partial charge on any atom is 0.140 e. The molecule has 0 aliphatic heterocycles. The van der Waals surface area contributed by atoms with Crippen LogP contribution in [0, 0.1) is 5.92 Å². The van der Waals surface area contributed by atoms with Crippen molar-refractivity contribution in [1.82, 2.24) is 20.1 Å². The summed E-state index contributed by atoms with van der Waals surface area (Å²) >= 11 is 3.43. The van der Waals surface area contributed by atoms with Crippen LogP contribution in [0.5, 0.6) is 0 Å². The Bertz CT molecular complexity index is 285. The molecule has 5 heteroatoms. The zero-order valence-electron chi connectivity index (χ0n) is 9.57. The van der Waals surface area contributed by atoms with E-state index in [-0.39, 0.29) is 0 Å². The molecule has 1 aromatic heterocycles. The minimum Gasteiger partial charge on any atom is -0.306 e. The lowest BCUT2D eigenvalue weighted by Crippen LogP contribution is -2.28. The van der Waals surface area contributed by atoms with Crippen molar-refractivity contribution >= 4 is 15.9 Å². The van der Waals surface area contributed by atoms with Crippen LogP contribution in [0.25, 0.3) is 0 Å². The van der Waals surface area contributed by atoms with Gasteiger partial charge < -0.3 is 5.32 Å². The van der Waals surface area contributed by atoms with E-state index in [1.165, 1.54) is 0 Å². The van der Waals surface area contributed by atoms with E-state index in [1.54, 1.807) is 6.33 Å². The minimum absolute atomic E-state index is 0.453. The second kappa shape index (κ2) is 6.23. The molecule has 0 aliphatic rings. The average molecular weight is 275 g/mol. The average Bonchev–Trinajstić information content (AvgIpc) is 2.61. The van der Waals surface area contributed by atoms with Crippen molar-refractivity contribution < 1.29 is 0 Å². The Morgan fingerprint density at radius 2 is 2.20 bits per heavy atom. The molecule has 86 valence electrons. The van der Waals surface area contributed by atoms with Gasteiger partial charge in [-0.15, -0.1) is 0 Å². The van der Waals surface area contributed by atoms with E-state index in [0.717, 1.165) is 24.2 Å². The van der Waals surface area contributed by atoms with Crippen molar-refractivity contribution in [2.24, 2.45) is 5.92 Å². The van der Waals surface area contributed by atoms with Gasteiger partial charge in [0.2, 0.25) is 0 Å². The van der Waals surface area contributed by atoms with Crippen molar-refractivity contribution in [1.29, 1.82) is 0 Å². The van der Waals surface area contributed by atoms with Gasteiger partial charge in [0.05, 0.1) is 6.54 Å². The van der Waals surface area contributed by atoms with Crippen LogP contribution in [0.15, 0.2) is 6.33 Å². The molecule has 0 fully saturated rings. The van der Waals surface area contributed by atoms with Crippen LogP contribution in [0.4, 0.5) is 0 Å². The van der Waals surface area contributed by atoms with Gasteiger partial charge in [-0.05, 0) is 12.8 Å². The molecule has 1 heterocycles. The van der Waals surface area contributed by atoms with Crippen molar-refractivity contribution in [2.45, 2.75) is 39.9 Å². The summed E-state index contributed by atoms with van der Waals surface area (Å²) in [5, 5.41) is 8.54. The van der Waals surface area contributed by atoms with Gasteiger partial charge in [0.15, 0.2) is 0 Å². The molecule has 0 aliphatic carbocycles. The first-order valence-electron chi connectivity index (χ1n) is 5.29. The number of aromatic nitrogens is 3. The zero-order valence-corrected chi connectivity index (χ0v) is 11.2. The van der Waals surface area contributed by atoms with Crippen molar-refractivity contribution in [3.8, 4) is 0 Å². The Balaban J connectivity index is 2.49. The number of halogens is 1. The van der Waals surface area contributed by atoms with Crippen molar-refractivity contribution in [3.63, 3.8) is 0 Å². The summed E-state index contributed by atoms with van der Waals surface area (Å²) in [4.78, 5) is 4.25. The first kappa shape index (κ1) is 12.6. The molecule has 1 aromatic rings. The lowest BCUT2D eigenvalue weighted by atomic mass is 10.2. The molecule has 15 heavy (non-hydrogen) atoms. The normalized spacial score (nSPS) is 13.4. The van der Waals surface area contributed by atoms with E-state index >= 15 is 0 Å². The van der Waals surface area contributed by atoms with Crippen LogP contribution in [0.3, 0.4) is 0 Å². The van der Waals surface area contributed by atoms with Crippen LogP contribution in [-0.2, 0) is 13.1 Å². The SMILES string of the molecule is CC(C)Cn1ncnc1CNC(C)CBr. The molecule has 4 nitrogen and oxygen atoms in total. The van der Waals surface area contributed by atoms with Gasteiger partial charge in [-0.25, -0.2) is 9.67 Å². The zero-order chi connectivity index (χ0) is 11.3. The molecule has 1 rings (SSSR count).